The Morgan fingerprint density at radius 1 is 1.08 bits per heavy atom. The predicted octanol–water partition coefficient (Wildman–Crippen LogP) is 6.65. The van der Waals surface area contributed by atoms with Gasteiger partial charge < -0.3 is 30.7 Å². The Balaban J connectivity index is 1.55. The number of hydrogen-bond acceptors (Lipinski definition) is 8. The van der Waals surface area contributed by atoms with E-state index in [0.717, 1.165) is 17.3 Å². The number of aliphatic carboxylic acids is 1. The van der Waals surface area contributed by atoms with E-state index in [0.29, 0.717) is 22.0 Å². The lowest BCUT2D eigenvalue weighted by molar-refractivity contribution is -0.137. The van der Waals surface area contributed by atoms with Gasteiger partial charge in [0.2, 0.25) is 0 Å². The molecule has 1 aliphatic rings. The van der Waals surface area contributed by atoms with Crippen molar-refractivity contribution in [2.24, 2.45) is 24.0 Å². The van der Waals surface area contributed by atoms with Gasteiger partial charge in [0, 0.05) is 48.4 Å². The molecule has 6 rings (SSSR count). The molecule has 5 aromatic rings. The van der Waals surface area contributed by atoms with E-state index in [4.69, 9.17) is 21.3 Å². The fourth-order valence-corrected chi connectivity index (χ4v) is 6.76. The third-order valence-corrected chi connectivity index (χ3v) is 10.1. The zero-order chi connectivity index (χ0) is 38.5. The second-order valence-electron chi connectivity index (χ2n) is 14.4. The number of alkyl halides is 2. The van der Waals surface area contributed by atoms with Crippen LogP contribution in [0.5, 0.6) is 11.5 Å². The molecule has 0 fully saturated rings. The van der Waals surface area contributed by atoms with Crippen molar-refractivity contribution < 1.29 is 37.3 Å². The van der Waals surface area contributed by atoms with Gasteiger partial charge in [-0.15, -0.1) is 0 Å². The fraction of sp³-hybridized carbons (Fsp3) is 0.342. The number of carboxylic acid groups (broad SMARTS) is 1. The molecule has 15 heteroatoms. The number of carboxylic acids is 1. The lowest BCUT2D eigenvalue weighted by Gasteiger charge is -2.38. The lowest BCUT2D eigenvalue weighted by atomic mass is 9.70. The normalized spacial score (nSPS) is 21.4. The number of nitrogens with one attached hydrogen (secondary N) is 1. The van der Waals surface area contributed by atoms with Gasteiger partial charge in [-0.25, -0.2) is 24.3 Å². The molecule has 0 radical (unpaired) electrons. The molecule has 0 amide bonds. The molecule has 2 unspecified atom stereocenters. The van der Waals surface area contributed by atoms with Crippen LogP contribution in [0, 0.1) is 17.0 Å². The number of hydrogen-bond donors (Lipinski definition) is 5. The van der Waals surface area contributed by atoms with Crippen LogP contribution < -0.4 is 16.3 Å². The van der Waals surface area contributed by atoms with Crippen molar-refractivity contribution in [3.05, 3.63) is 107 Å². The van der Waals surface area contributed by atoms with Crippen LogP contribution >= 0.6 is 0 Å². The predicted molar refractivity (Wildman–Crippen MR) is 190 cm³/mol. The average Bonchev–Trinajstić information content (AvgIpc) is 3.74. The number of rotatable bonds is 4. The summed E-state index contributed by atoms with van der Waals surface area (Å²) in [6.45, 7) is 4.44. The summed E-state index contributed by atoms with van der Waals surface area (Å²) in [6.07, 6.45) is 0.317. The molecule has 2 atom stereocenters. The van der Waals surface area contributed by atoms with Gasteiger partial charge in [0.1, 0.15) is 17.7 Å². The van der Waals surface area contributed by atoms with Crippen molar-refractivity contribution in [1.29, 1.82) is 0 Å². The summed E-state index contributed by atoms with van der Waals surface area (Å²) in [7, 11) is 1.57. The molecule has 11 nitrogen and oxygen atoms in total. The second kappa shape index (κ2) is 13.9. The van der Waals surface area contributed by atoms with Gasteiger partial charge in [0.05, 0.1) is 23.2 Å². The first-order chi connectivity index (χ1) is 24.9. The summed E-state index contributed by atoms with van der Waals surface area (Å²) in [4.78, 5) is 19.0. The number of fused-ring (bicyclic) bond motifs is 8. The molecule has 0 saturated heterocycles. The van der Waals surface area contributed by atoms with Crippen LogP contribution in [0.3, 0.4) is 0 Å². The molecule has 4 bridgehead atoms. The number of aryl methyl sites for hydroxylation is 2. The highest BCUT2D eigenvalue weighted by atomic mass is 19.3. The first-order valence-electron chi connectivity index (χ1n) is 16.9. The maximum atomic E-state index is 16.0. The van der Waals surface area contributed by atoms with Crippen LogP contribution in [0.25, 0.3) is 22.3 Å². The molecule has 0 saturated carbocycles. The molecular weight excluding hydrogens is 694 g/mol. The van der Waals surface area contributed by atoms with E-state index in [-0.39, 0.29) is 66.5 Å². The number of hydrazine groups is 1. The Morgan fingerprint density at radius 3 is 2.57 bits per heavy atom. The highest BCUT2D eigenvalue weighted by Crippen LogP contribution is 2.45. The molecule has 53 heavy (non-hydrogen) atoms. The Morgan fingerprint density at radius 2 is 1.83 bits per heavy atom. The Bertz CT molecular complexity index is 2220. The summed E-state index contributed by atoms with van der Waals surface area (Å²) in [6, 6.07) is 13.8. The number of H-pyrrole nitrogens is 1. The Labute approximate surface area is 302 Å². The van der Waals surface area contributed by atoms with E-state index >= 15 is 17.6 Å². The molecule has 2 aromatic heterocycles. The first kappa shape index (κ1) is 37.4. The van der Waals surface area contributed by atoms with E-state index in [1.807, 2.05) is 13.0 Å². The van der Waals surface area contributed by atoms with Crippen molar-refractivity contribution in [2.45, 2.75) is 70.4 Å². The quantitative estimate of drug-likeness (QED) is 0.100. The largest absolute Gasteiger partial charge is 0.481 e. The first-order valence-corrected chi connectivity index (χ1v) is 16.9. The number of nitrogens with zero attached hydrogens (tertiary/aromatic N) is 4. The Hall–Kier alpha value is -5.41. The monoisotopic (exact) mass is 735 g/mol. The number of halogens is 4. The number of benzene rings is 3. The third-order valence-electron chi connectivity index (χ3n) is 10.1. The zero-order valence-corrected chi connectivity index (χ0v) is 29.6. The third kappa shape index (κ3) is 7.18. The summed E-state index contributed by atoms with van der Waals surface area (Å²) in [5, 5.41) is 26.6. The minimum Gasteiger partial charge on any atom is -0.481 e. The number of ether oxygens (including phenoxy) is 1. The number of aromatic amines is 1. The van der Waals surface area contributed by atoms with Crippen LogP contribution in [0.15, 0.2) is 72.7 Å². The molecule has 280 valence electrons. The van der Waals surface area contributed by atoms with E-state index < -0.39 is 46.2 Å². The van der Waals surface area contributed by atoms with Gasteiger partial charge in [-0.1, -0.05) is 38.1 Å². The van der Waals surface area contributed by atoms with Gasteiger partial charge >= 0.3 is 11.9 Å². The van der Waals surface area contributed by atoms with Crippen molar-refractivity contribution in [3.8, 4) is 22.9 Å². The average molecular weight is 736 g/mol. The maximum absolute atomic E-state index is 16.0. The second-order valence-corrected chi connectivity index (χ2v) is 14.4. The van der Waals surface area contributed by atoms with Gasteiger partial charge in [0.15, 0.2) is 23.2 Å². The van der Waals surface area contributed by atoms with E-state index in [2.05, 4.69) is 10.1 Å². The number of aliphatic hydroxyl groups is 1. The number of carbonyl (C=O) groups is 1. The lowest BCUT2D eigenvalue weighted by Crippen LogP contribution is -2.48. The summed E-state index contributed by atoms with van der Waals surface area (Å²) < 4.78 is 70.9. The fourth-order valence-electron chi connectivity index (χ4n) is 6.76. The molecule has 1 aliphatic heterocycles. The molecule has 3 aromatic carbocycles. The van der Waals surface area contributed by atoms with Crippen LogP contribution in [0.4, 0.5) is 17.6 Å². The summed E-state index contributed by atoms with van der Waals surface area (Å²) in [5.41, 5.74) is 4.29. The zero-order valence-electron chi connectivity index (χ0n) is 29.6. The molecular formula is C38H41F4N7O4. The van der Waals surface area contributed by atoms with Crippen molar-refractivity contribution in [2.75, 3.05) is 0 Å². The molecule has 0 spiro atoms. The molecule has 0 aliphatic carbocycles. The van der Waals surface area contributed by atoms with Gasteiger partial charge in [-0.05, 0) is 67.0 Å². The summed E-state index contributed by atoms with van der Waals surface area (Å²) in [5.74, 6) is -0.110. The van der Waals surface area contributed by atoms with Gasteiger partial charge in [-0.3, -0.25) is 4.79 Å². The summed E-state index contributed by atoms with van der Waals surface area (Å²) >= 11 is 0. The minimum atomic E-state index is -3.96. The number of nitrogens with two attached hydrogens (primary N) is 2. The Kier molecular flexibility index (Phi) is 9.77. The highest BCUT2D eigenvalue weighted by molar-refractivity contribution is 5.85. The van der Waals surface area contributed by atoms with Crippen molar-refractivity contribution >= 4 is 16.9 Å². The van der Waals surface area contributed by atoms with Crippen LogP contribution in [0.1, 0.15) is 62.5 Å². The van der Waals surface area contributed by atoms with Gasteiger partial charge in [-0.2, -0.15) is 13.9 Å². The van der Waals surface area contributed by atoms with E-state index in [1.165, 1.54) is 36.7 Å². The van der Waals surface area contributed by atoms with E-state index in [1.54, 1.807) is 37.5 Å². The number of aliphatic hydroxyl groups excluding tert-OH is 1. The SMILES string of the molecule is Cn1nc2nc1-c1cc(ccc1F)Oc1c(F)cc3[nH]ccc3c1CN(N)/C=C(\N)C(F)(F)C(O)C(C)(C)CCC2(C)c1cccc(CCC(=O)O)c1. The van der Waals surface area contributed by atoms with E-state index in [9.17, 15) is 15.0 Å². The van der Waals surface area contributed by atoms with Crippen LogP contribution in [-0.2, 0) is 30.2 Å². The van der Waals surface area contributed by atoms with Crippen LogP contribution in [0.2, 0.25) is 0 Å². The van der Waals surface area contributed by atoms with Crippen molar-refractivity contribution in [3.63, 3.8) is 0 Å². The standard InChI is InChI=1S/C38H41F4N7O4/c1-36(2)13-14-37(3,22-7-5-6-21(16-22)8-11-31(50)51)35-46-33(48(4)47-35)25-17-23(9-10-27(25)39)53-32-26(24-12-15-45-29(24)18-28(32)40)19-49(44)20-30(43)38(41,42)34(36)52/h5-7,9-10,12,15-18,20,34,45,52H,8,11,13-14,19,43-44H2,1-4H3,(H,50,51)/b30-20-. The van der Waals surface area contributed by atoms with Gasteiger partial charge in [0.25, 0.3) is 0 Å². The molecule has 3 heterocycles. The molecule has 7 N–H and O–H groups in total. The topological polar surface area (TPSA) is 169 Å². The van der Waals surface area contributed by atoms with Crippen LogP contribution in [-0.4, -0.2) is 53.0 Å². The highest BCUT2D eigenvalue weighted by Gasteiger charge is 2.50. The smallest absolute Gasteiger partial charge is 0.314 e. The maximum Gasteiger partial charge on any atom is 0.314 e. The minimum absolute atomic E-state index is 0.00261. The van der Waals surface area contributed by atoms with Crippen molar-refractivity contribution in [1.82, 2.24) is 24.8 Å². The number of aromatic nitrogens is 4.